The zero-order chi connectivity index (χ0) is 88.0. The zero-order valence-electron chi connectivity index (χ0n) is 65.3. The van der Waals surface area contributed by atoms with E-state index in [0.717, 1.165) is 46.0 Å². The van der Waals surface area contributed by atoms with Crippen molar-refractivity contribution in [3.8, 4) is 0 Å². The highest BCUT2D eigenvalue weighted by Gasteiger charge is 2.41. The van der Waals surface area contributed by atoms with E-state index in [4.69, 9.17) is 21.9 Å². The predicted octanol–water partition coefficient (Wildman–Crippen LogP) is -6.01. The molecule has 0 bridgehead atoms. The SMILES string of the molecule is CC(C)CCCCCCCCC(=O)NC(Cc1c[nH]c2ccccc12)C(=O)NC(CC(N)=O)C(=O)NC(CC(=O)O)C(=O)NC1C(=O)NCC(=O)NC(CCCN)C(=O)NC(CC(=O)O)C(=O)NC(CO)C(=O)NC(CC(=O)O)C(=O)NCC(=O)NC(CO)C(=O)NC(C(C)CC(=O)O)C(=O)NC(CC(=O)c2ccccc2N)C(=O)OC1C. The van der Waals surface area contributed by atoms with Crippen molar-refractivity contribution in [3.05, 3.63) is 65.9 Å². The number of H-pyrrole nitrogens is 1. The van der Waals surface area contributed by atoms with Gasteiger partial charge in [-0.1, -0.05) is 89.6 Å². The number of unbranched alkanes of at least 4 members (excludes halogenated alkanes) is 5. The van der Waals surface area contributed by atoms with Gasteiger partial charge in [-0.3, -0.25) is 91.1 Å². The predicted molar refractivity (Wildman–Crippen MR) is 411 cm³/mol. The first-order valence-corrected chi connectivity index (χ1v) is 37.8. The number of amides is 14. The number of cyclic esters (lactones) is 1. The number of carbonyl (C=O) groups excluding carboxylic acids is 16. The van der Waals surface area contributed by atoms with E-state index in [2.05, 4.69) is 66.7 Å². The van der Waals surface area contributed by atoms with Crippen molar-refractivity contribution in [3.63, 3.8) is 0 Å². The average Bonchev–Trinajstić information content (AvgIpc) is 1.65. The molecule has 1 fully saturated rings. The maximum absolute atomic E-state index is 14.9. The molecular weight excluding hydrogens is 1560 g/mol. The number of aliphatic carboxylic acids is 4. The molecule has 1 aliphatic heterocycles. The van der Waals surface area contributed by atoms with Crippen LogP contribution in [0.2, 0.25) is 0 Å². The smallest absolute Gasteiger partial charge is 0.329 e. The van der Waals surface area contributed by atoms with E-state index in [-0.39, 0.29) is 37.1 Å². The van der Waals surface area contributed by atoms with Gasteiger partial charge in [0.15, 0.2) is 5.78 Å². The maximum atomic E-state index is 14.9. The number of nitrogens with one attached hydrogen (secondary N) is 14. The highest BCUT2D eigenvalue weighted by atomic mass is 16.5. The van der Waals surface area contributed by atoms with Gasteiger partial charge in [-0.2, -0.15) is 0 Å². The molecule has 4 rings (SSSR count). The number of ketones is 1. The molecule has 26 N–H and O–H groups in total. The van der Waals surface area contributed by atoms with Crippen molar-refractivity contribution < 1.29 is 131 Å². The fourth-order valence-electron chi connectivity index (χ4n) is 12.1. The van der Waals surface area contributed by atoms with Crippen LogP contribution in [0.1, 0.15) is 146 Å². The van der Waals surface area contributed by atoms with Gasteiger partial charge in [0.2, 0.25) is 82.7 Å². The van der Waals surface area contributed by atoms with E-state index in [0.29, 0.717) is 35.2 Å². The number of Topliss-reactive ketones (excluding diaryl/α,β-unsaturated/α-hetero) is 1. The molecular formula is C74H105N17O27. The van der Waals surface area contributed by atoms with E-state index in [1.54, 1.807) is 30.5 Å². The number of benzene rings is 2. The van der Waals surface area contributed by atoms with Crippen LogP contribution in [-0.4, -0.2) is 259 Å². The molecule has 0 aliphatic carbocycles. The van der Waals surface area contributed by atoms with Crippen molar-refractivity contribution in [1.29, 1.82) is 0 Å². The quantitative estimate of drug-likeness (QED) is 0.0111. The summed E-state index contributed by atoms with van der Waals surface area (Å²) >= 11 is 0. The summed E-state index contributed by atoms with van der Waals surface area (Å²) in [5.41, 5.74) is 18.1. The van der Waals surface area contributed by atoms with Crippen LogP contribution in [0.5, 0.6) is 0 Å². The number of rotatable bonds is 37. The lowest BCUT2D eigenvalue weighted by molar-refractivity contribution is -0.156. The average molecular weight is 1660 g/mol. The summed E-state index contributed by atoms with van der Waals surface area (Å²) in [6.45, 7) is 0.814. The molecule has 2 aromatic carbocycles. The Morgan fingerprint density at radius 2 is 1.03 bits per heavy atom. The fourth-order valence-corrected chi connectivity index (χ4v) is 12.1. The number of hydrogen-bond acceptors (Lipinski definition) is 25. The summed E-state index contributed by atoms with van der Waals surface area (Å²) in [7, 11) is 0. The number of aliphatic hydroxyl groups excluding tert-OH is 2. The maximum Gasteiger partial charge on any atom is 0.329 e. The number of aromatic nitrogens is 1. The van der Waals surface area contributed by atoms with Crippen LogP contribution in [0, 0.1) is 11.8 Å². The van der Waals surface area contributed by atoms with Crippen LogP contribution in [0.25, 0.3) is 10.9 Å². The number of hydrogen-bond donors (Lipinski definition) is 23. The first-order chi connectivity index (χ1) is 55.7. The molecule has 118 heavy (non-hydrogen) atoms. The summed E-state index contributed by atoms with van der Waals surface area (Å²) in [6, 6.07) is -11.4. The highest BCUT2D eigenvalue weighted by molar-refractivity contribution is 6.05. The topological polar surface area (TPSA) is 722 Å². The van der Waals surface area contributed by atoms with Crippen LogP contribution >= 0.6 is 0 Å². The molecule has 14 amide bonds. The van der Waals surface area contributed by atoms with E-state index >= 15 is 0 Å². The largest absolute Gasteiger partial charge is 0.481 e. The molecule has 1 aromatic heterocycles. The first-order valence-electron chi connectivity index (χ1n) is 37.8. The Hall–Kier alpha value is -12.7. The third-order valence-electron chi connectivity index (χ3n) is 18.4. The number of carboxylic acid groups (broad SMARTS) is 4. The minimum Gasteiger partial charge on any atom is -0.481 e. The second kappa shape index (κ2) is 49.2. The standard InChI is InChI=1S/C74H105N17O27/c1-36(2)16-9-7-5-6-8-10-22-55(96)82-45(25-39-31-78-43-20-14-12-17-40(39)43)66(109)84-46(27-54(77)95)67(110)87-49(30-61(105)106)69(112)91-63-38(4)118-74(117)50(26-53(94)41-18-11-13-19-42(41)76)88-73(116)62(37(3)24-58(99)100)90-71(114)51(34-92)83-57(98)32-79-64(107)47(28-59(101)102)85-70(113)52(35-93)89-68(111)48(29-60(103)104)86-65(108)44(21-15-23-75)81-56(97)33-80-72(63)115/h11-14,17-20,31,36-38,44-52,62-63,78,92-93H,5-10,15-16,21-30,32-35,75-76H2,1-4H3,(H2,77,95)(H,79,107)(H,80,115)(H,81,97)(H,82,96)(H,83,98)(H,84,109)(H,85,113)(H,86,108)(H,87,110)(H,88,116)(H,89,111)(H,90,114)(H,91,112)(H,99,100)(H,101,102)(H,103,104)(H,105,106). The number of nitrogens with two attached hydrogens (primary N) is 3. The number of aromatic amines is 1. The van der Waals surface area contributed by atoms with Gasteiger partial charge >= 0.3 is 29.8 Å². The number of ether oxygens (including phenoxy) is 1. The number of carboxylic acids is 4. The zero-order valence-corrected chi connectivity index (χ0v) is 65.3. The summed E-state index contributed by atoms with van der Waals surface area (Å²) in [5.74, 6) is -30.0. The van der Waals surface area contributed by atoms with Gasteiger partial charge < -0.3 is 127 Å². The van der Waals surface area contributed by atoms with Crippen LogP contribution in [0.4, 0.5) is 5.69 Å². The Labute approximate surface area is 675 Å². The molecule has 13 atom stereocenters. The van der Waals surface area contributed by atoms with E-state index in [9.17, 15) is 127 Å². The van der Waals surface area contributed by atoms with Crippen LogP contribution < -0.4 is 86.3 Å². The lowest BCUT2D eigenvalue weighted by Crippen LogP contribution is -2.62. The number of fused-ring (bicyclic) bond motifs is 1. The summed E-state index contributed by atoms with van der Waals surface area (Å²) in [6.07, 6.45) is -2.61. The lowest BCUT2D eigenvalue weighted by Gasteiger charge is -2.30. The fraction of sp³-hybridized carbons (Fsp3) is 0.541. The second-order valence-corrected chi connectivity index (χ2v) is 28.4. The molecule has 44 nitrogen and oxygen atoms in total. The van der Waals surface area contributed by atoms with Crippen molar-refractivity contribution in [2.75, 3.05) is 38.6 Å². The third kappa shape index (κ3) is 33.6. The number of esters is 1. The second-order valence-electron chi connectivity index (χ2n) is 28.4. The molecule has 0 spiro atoms. The number of para-hydroxylation sites is 2. The molecule has 44 heteroatoms. The molecule has 2 heterocycles. The first kappa shape index (κ1) is 97.6. The summed E-state index contributed by atoms with van der Waals surface area (Å²) < 4.78 is 5.68. The van der Waals surface area contributed by atoms with Crippen molar-refractivity contribution in [1.82, 2.24) is 74.1 Å². The molecule has 0 radical (unpaired) electrons. The number of carbonyl (C=O) groups is 20. The van der Waals surface area contributed by atoms with Crippen molar-refractivity contribution in [2.45, 2.75) is 209 Å². The van der Waals surface area contributed by atoms with E-state index < -0.39 is 268 Å². The van der Waals surface area contributed by atoms with Crippen LogP contribution in [0.3, 0.4) is 0 Å². The molecule has 0 saturated carbocycles. The van der Waals surface area contributed by atoms with Gasteiger partial charge in [0, 0.05) is 47.6 Å². The Morgan fingerprint density at radius 1 is 0.525 bits per heavy atom. The highest BCUT2D eigenvalue weighted by Crippen LogP contribution is 2.22. The number of nitrogen functional groups attached to an aromatic ring is 1. The Bertz CT molecular complexity index is 4120. The van der Waals surface area contributed by atoms with Gasteiger partial charge in [0.1, 0.15) is 72.6 Å². The summed E-state index contributed by atoms with van der Waals surface area (Å²) in [4.78, 5) is 277. The van der Waals surface area contributed by atoms with Gasteiger partial charge in [-0.15, -0.1) is 0 Å². The lowest BCUT2D eigenvalue weighted by atomic mass is 9.96. The van der Waals surface area contributed by atoms with Crippen molar-refractivity contribution in [2.24, 2.45) is 23.3 Å². The van der Waals surface area contributed by atoms with Crippen molar-refractivity contribution >= 4 is 135 Å². The monoisotopic (exact) mass is 1660 g/mol. The summed E-state index contributed by atoms with van der Waals surface area (Å²) in [5, 5.41) is 88.5. The van der Waals surface area contributed by atoms with E-state index in [1.165, 1.54) is 24.3 Å². The molecule has 1 aliphatic rings. The number of aliphatic hydroxyl groups is 2. The third-order valence-corrected chi connectivity index (χ3v) is 18.4. The van der Waals surface area contributed by atoms with Gasteiger partial charge in [0.05, 0.1) is 58.4 Å². The minimum absolute atomic E-state index is 0.0258. The minimum atomic E-state index is -2.47. The van der Waals surface area contributed by atoms with Crippen LogP contribution in [0.15, 0.2) is 54.7 Å². The molecule has 13 unspecified atom stereocenters. The van der Waals surface area contributed by atoms with Crippen LogP contribution in [-0.2, 0) is 102 Å². The van der Waals surface area contributed by atoms with E-state index in [1.807, 2.05) is 21.3 Å². The molecule has 3 aromatic rings. The van der Waals surface area contributed by atoms with Gasteiger partial charge in [-0.05, 0) is 68.3 Å². The van der Waals surface area contributed by atoms with Gasteiger partial charge in [0.25, 0.3) is 0 Å². The van der Waals surface area contributed by atoms with Gasteiger partial charge in [-0.25, -0.2) is 4.79 Å². The Morgan fingerprint density at radius 3 is 1.62 bits per heavy atom. The Balaban J connectivity index is 1.87. The molecule has 648 valence electrons. The number of primary amides is 1. The molecule has 1 saturated heterocycles. The normalized spacial score (nSPS) is 21.0. The number of anilines is 1. The Kier molecular flexibility index (Phi) is 40.7.